The summed E-state index contributed by atoms with van der Waals surface area (Å²) >= 11 is 0. The number of nitrogens with zero attached hydrogens (tertiary/aromatic N) is 1. The minimum Gasteiger partial charge on any atom is -0.490 e. The molecule has 0 fully saturated rings. The molecule has 0 aliphatic rings. The molecule has 0 saturated heterocycles. The molecule has 184 valence electrons. The topological polar surface area (TPSA) is 97.8 Å². The number of hydrogen-bond donors (Lipinski definition) is 4. The molecule has 4 N–H and O–H groups in total. The van der Waals surface area contributed by atoms with Crippen molar-refractivity contribution in [3.63, 3.8) is 0 Å². The molecule has 3 aromatic rings. The first-order valence-electron chi connectivity index (χ1n) is 11.8. The van der Waals surface area contributed by atoms with Gasteiger partial charge in [0, 0.05) is 29.7 Å². The third-order valence-corrected chi connectivity index (χ3v) is 6.17. The molecule has 3 rings (SSSR count). The number of hydrogen-bond acceptors (Lipinski definition) is 5. The molecule has 0 saturated carbocycles. The first-order chi connectivity index (χ1) is 16.2. The molecule has 0 aliphatic heterocycles. The van der Waals surface area contributed by atoms with E-state index in [1.165, 1.54) is 0 Å². The minimum absolute atomic E-state index is 0.0289. The maximum atomic E-state index is 13.3. The van der Waals surface area contributed by atoms with Crippen molar-refractivity contribution < 1.29 is 19.7 Å². The van der Waals surface area contributed by atoms with Gasteiger partial charge in [-0.15, -0.1) is 0 Å². The van der Waals surface area contributed by atoms with Gasteiger partial charge in [0.25, 0.3) is 5.91 Å². The third kappa shape index (κ3) is 6.38. The van der Waals surface area contributed by atoms with E-state index in [4.69, 9.17) is 4.74 Å². The van der Waals surface area contributed by atoms with E-state index in [9.17, 15) is 15.0 Å². The summed E-state index contributed by atoms with van der Waals surface area (Å²) in [4.78, 5) is 18.6. The maximum absolute atomic E-state index is 13.3. The molecule has 0 unspecified atom stereocenters. The molecule has 0 spiro atoms. The summed E-state index contributed by atoms with van der Waals surface area (Å²) in [6.45, 7) is 7.96. The Balaban J connectivity index is 1.80. The van der Waals surface area contributed by atoms with Crippen molar-refractivity contribution in [2.75, 3.05) is 13.7 Å². The Hall–Kier alpha value is -2.87. The summed E-state index contributed by atoms with van der Waals surface area (Å²) < 4.78 is 5.91. The van der Waals surface area contributed by atoms with Gasteiger partial charge in [-0.1, -0.05) is 24.3 Å². The van der Waals surface area contributed by atoms with Crippen LogP contribution in [-0.2, 0) is 13.0 Å². The summed E-state index contributed by atoms with van der Waals surface area (Å²) in [6, 6.07) is 13.1. The van der Waals surface area contributed by atoms with E-state index < -0.39 is 12.1 Å². The first-order valence-corrected chi connectivity index (χ1v) is 11.8. The number of aliphatic hydroxyl groups is 2. The highest BCUT2D eigenvalue weighted by Gasteiger charge is 2.21. The lowest BCUT2D eigenvalue weighted by molar-refractivity contribution is 0.0825. The lowest BCUT2D eigenvalue weighted by Crippen LogP contribution is -2.39. The molecule has 0 radical (unpaired) electrons. The lowest BCUT2D eigenvalue weighted by atomic mass is 10.0. The van der Waals surface area contributed by atoms with Crippen LogP contribution in [0.3, 0.4) is 0 Å². The molecule has 1 amide bonds. The van der Waals surface area contributed by atoms with Gasteiger partial charge in [-0.2, -0.15) is 0 Å². The molecule has 3 atom stereocenters. The largest absolute Gasteiger partial charge is 0.490 e. The Kier molecular flexibility index (Phi) is 8.72. The zero-order valence-electron chi connectivity index (χ0n) is 20.7. The third-order valence-electron chi connectivity index (χ3n) is 6.17. The summed E-state index contributed by atoms with van der Waals surface area (Å²) in [7, 11) is 1.94. The van der Waals surface area contributed by atoms with Gasteiger partial charge < -0.3 is 25.3 Å². The highest BCUT2D eigenvalue weighted by Crippen LogP contribution is 2.24. The molecule has 2 aromatic carbocycles. The quantitative estimate of drug-likeness (QED) is 0.346. The molecule has 1 aromatic heterocycles. The highest BCUT2D eigenvalue weighted by molar-refractivity contribution is 5.97. The number of rotatable bonds is 11. The Labute approximate surface area is 201 Å². The minimum atomic E-state index is -0.467. The fourth-order valence-electron chi connectivity index (χ4n) is 4.00. The van der Waals surface area contributed by atoms with Crippen molar-refractivity contribution in [1.82, 2.24) is 15.2 Å². The number of benzene rings is 2. The van der Waals surface area contributed by atoms with Crippen molar-refractivity contribution in [2.45, 2.75) is 65.0 Å². The van der Waals surface area contributed by atoms with Crippen LogP contribution in [0.1, 0.15) is 49.2 Å². The van der Waals surface area contributed by atoms with Crippen molar-refractivity contribution in [2.24, 2.45) is 0 Å². The normalized spacial score (nSPS) is 14.4. The summed E-state index contributed by atoms with van der Waals surface area (Å²) in [5.41, 5.74) is 3.43. The monoisotopic (exact) mass is 467 g/mol. The molecule has 0 bridgehead atoms. The van der Waals surface area contributed by atoms with E-state index in [0.29, 0.717) is 24.3 Å². The number of carbonyl (C=O) groups excluding carboxylic acids is 1. The van der Waals surface area contributed by atoms with E-state index >= 15 is 0 Å². The molecule has 1 heterocycles. The van der Waals surface area contributed by atoms with E-state index in [2.05, 4.69) is 10.3 Å². The van der Waals surface area contributed by atoms with Gasteiger partial charge in [-0.25, -0.2) is 0 Å². The average Bonchev–Trinajstić information content (AvgIpc) is 3.21. The van der Waals surface area contributed by atoms with Crippen LogP contribution in [0.25, 0.3) is 10.9 Å². The van der Waals surface area contributed by atoms with Crippen LogP contribution in [0.4, 0.5) is 0 Å². The van der Waals surface area contributed by atoms with Gasteiger partial charge in [0.15, 0.2) is 0 Å². The maximum Gasteiger partial charge on any atom is 0.255 e. The van der Waals surface area contributed by atoms with Crippen molar-refractivity contribution in [1.29, 1.82) is 0 Å². The second kappa shape index (κ2) is 11.5. The van der Waals surface area contributed by atoms with Crippen LogP contribution in [0.5, 0.6) is 5.75 Å². The summed E-state index contributed by atoms with van der Waals surface area (Å²) in [6.07, 6.45) is 1.87. The predicted molar refractivity (Wildman–Crippen MR) is 135 cm³/mol. The number of nitrogens with one attached hydrogen (secondary N) is 2. The number of aromatic nitrogens is 1. The number of ether oxygens (including phenoxy) is 1. The number of amides is 1. The van der Waals surface area contributed by atoms with E-state index in [0.717, 1.165) is 22.0 Å². The molecule has 7 nitrogen and oxygen atoms in total. The van der Waals surface area contributed by atoms with Gasteiger partial charge in [0.05, 0.1) is 30.4 Å². The summed E-state index contributed by atoms with van der Waals surface area (Å²) in [5.74, 6) is 0.217. The second-order valence-electron chi connectivity index (χ2n) is 9.31. The van der Waals surface area contributed by atoms with Crippen molar-refractivity contribution >= 4 is 16.8 Å². The number of H-pyrrole nitrogens is 1. The SMILES string of the molecule is CC(C)Oc1ccc(CN(C)[C@H](C)[C@@H](C)O)cc1C(=O)N[C@@H](CO)Cc1c[nH]c2ccccc12. The number of fused-ring (bicyclic) bond motifs is 1. The molecule has 34 heavy (non-hydrogen) atoms. The number of aromatic amines is 1. The van der Waals surface area contributed by atoms with Crippen LogP contribution in [0, 0.1) is 0 Å². The Morgan fingerprint density at radius 1 is 1.15 bits per heavy atom. The lowest BCUT2D eigenvalue weighted by Gasteiger charge is -2.27. The van der Waals surface area contributed by atoms with E-state index in [-0.39, 0.29) is 24.7 Å². The van der Waals surface area contributed by atoms with Crippen molar-refractivity contribution in [3.8, 4) is 5.75 Å². The number of para-hydroxylation sites is 1. The molecule has 0 aliphatic carbocycles. The first kappa shape index (κ1) is 25.7. The zero-order chi connectivity index (χ0) is 24.8. The smallest absolute Gasteiger partial charge is 0.255 e. The Morgan fingerprint density at radius 3 is 2.56 bits per heavy atom. The molecular weight excluding hydrogens is 430 g/mol. The van der Waals surface area contributed by atoms with Crippen LogP contribution >= 0.6 is 0 Å². The number of carbonyl (C=O) groups is 1. The zero-order valence-corrected chi connectivity index (χ0v) is 20.7. The fraction of sp³-hybridized carbons (Fsp3) is 0.444. The second-order valence-corrected chi connectivity index (χ2v) is 9.31. The standard InChI is InChI=1S/C27H37N3O4/c1-17(2)34-26-11-10-20(15-30(5)18(3)19(4)32)12-24(26)27(33)29-22(16-31)13-21-14-28-25-9-7-6-8-23(21)25/h6-12,14,17-19,22,28,31-32H,13,15-16H2,1-5H3,(H,29,33)/t18-,19-,22-/m1/s1. The van der Waals surface area contributed by atoms with Gasteiger partial charge in [0.1, 0.15) is 5.75 Å². The van der Waals surface area contributed by atoms with Crippen LogP contribution in [0.15, 0.2) is 48.7 Å². The Morgan fingerprint density at radius 2 is 1.88 bits per heavy atom. The Bertz CT molecular complexity index is 1090. The molecular formula is C27H37N3O4. The summed E-state index contributed by atoms with van der Waals surface area (Å²) in [5, 5.41) is 24.0. The molecule has 7 heteroatoms. The fourth-order valence-corrected chi connectivity index (χ4v) is 4.00. The average molecular weight is 468 g/mol. The van der Waals surface area contributed by atoms with Gasteiger partial charge >= 0.3 is 0 Å². The van der Waals surface area contributed by atoms with Gasteiger partial charge in [-0.3, -0.25) is 9.69 Å². The van der Waals surface area contributed by atoms with E-state index in [1.54, 1.807) is 6.92 Å². The van der Waals surface area contributed by atoms with Crippen LogP contribution in [0.2, 0.25) is 0 Å². The van der Waals surface area contributed by atoms with Crippen LogP contribution < -0.4 is 10.1 Å². The number of likely N-dealkylation sites (N-methyl/N-ethyl adjacent to an activating group) is 1. The van der Waals surface area contributed by atoms with Gasteiger partial charge in [0.2, 0.25) is 0 Å². The predicted octanol–water partition coefficient (Wildman–Crippen LogP) is 3.49. The van der Waals surface area contributed by atoms with Crippen molar-refractivity contribution in [3.05, 3.63) is 65.4 Å². The number of aliphatic hydroxyl groups excluding tert-OH is 2. The van der Waals surface area contributed by atoms with Crippen LogP contribution in [-0.4, -0.2) is 64.0 Å². The van der Waals surface area contributed by atoms with Gasteiger partial charge in [-0.05, 0) is 70.5 Å². The van der Waals surface area contributed by atoms with E-state index in [1.807, 2.05) is 81.4 Å². The highest BCUT2D eigenvalue weighted by atomic mass is 16.5.